The van der Waals surface area contributed by atoms with Gasteiger partial charge in [0.2, 0.25) is 15.9 Å². The molecule has 0 aliphatic rings. The van der Waals surface area contributed by atoms with Crippen LogP contribution in [-0.4, -0.2) is 44.8 Å². The molecular formula is C21H27N3O4S. The Balaban J connectivity index is 2.17. The van der Waals surface area contributed by atoms with Crippen molar-refractivity contribution in [1.29, 1.82) is 0 Å². The third-order valence-corrected chi connectivity index (χ3v) is 5.75. The van der Waals surface area contributed by atoms with Crippen LogP contribution in [0.1, 0.15) is 35.3 Å². The van der Waals surface area contributed by atoms with Gasteiger partial charge in [-0.1, -0.05) is 36.4 Å². The molecule has 0 saturated carbocycles. The van der Waals surface area contributed by atoms with Crippen LogP contribution in [0.5, 0.6) is 0 Å². The van der Waals surface area contributed by atoms with Crippen LogP contribution in [0.4, 0.5) is 0 Å². The number of benzene rings is 2. The van der Waals surface area contributed by atoms with Gasteiger partial charge >= 0.3 is 0 Å². The summed E-state index contributed by atoms with van der Waals surface area (Å²) >= 11 is 0. The highest BCUT2D eigenvalue weighted by Gasteiger charge is 2.21. The third-order valence-electron chi connectivity index (χ3n) is 4.21. The monoisotopic (exact) mass is 417 g/mol. The summed E-state index contributed by atoms with van der Waals surface area (Å²) in [6.07, 6.45) is 0. The minimum atomic E-state index is -3.81. The third kappa shape index (κ3) is 6.40. The molecule has 0 atom stereocenters. The van der Waals surface area contributed by atoms with Crippen LogP contribution < -0.4 is 10.0 Å². The molecule has 2 aromatic rings. The molecule has 0 fully saturated rings. The molecule has 2 amide bonds. The number of amides is 2. The van der Waals surface area contributed by atoms with E-state index in [0.717, 1.165) is 5.56 Å². The first-order valence-electron chi connectivity index (χ1n) is 9.29. The van der Waals surface area contributed by atoms with Crippen molar-refractivity contribution in [3.8, 4) is 0 Å². The Morgan fingerprint density at radius 2 is 1.72 bits per heavy atom. The van der Waals surface area contributed by atoms with Gasteiger partial charge in [-0.25, -0.2) is 13.1 Å². The molecule has 2 aromatic carbocycles. The fourth-order valence-corrected chi connectivity index (χ4v) is 4.04. The van der Waals surface area contributed by atoms with E-state index in [0.29, 0.717) is 5.56 Å². The molecule has 0 bridgehead atoms. The first-order chi connectivity index (χ1) is 13.6. The van der Waals surface area contributed by atoms with E-state index in [-0.39, 0.29) is 35.5 Å². The van der Waals surface area contributed by atoms with Crippen molar-refractivity contribution in [3.05, 3.63) is 65.2 Å². The average molecular weight is 418 g/mol. The zero-order valence-electron chi connectivity index (χ0n) is 17.1. The molecule has 8 heteroatoms. The van der Waals surface area contributed by atoms with Crippen molar-refractivity contribution >= 4 is 21.8 Å². The normalized spacial score (nSPS) is 11.3. The van der Waals surface area contributed by atoms with Gasteiger partial charge in [0.15, 0.2) is 0 Å². The smallest absolute Gasteiger partial charge is 0.254 e. The van der Waals surface area contributed by atoms with Crippen molar-refractivity contribution in [2.75, 3.05) is 13.6 Å². The van der Waals surface area contributed by atoms with E-state index in [2.05, 4.69) is 10.0 Å². The van der Waals surface area contributed by atoms with Gasteiger partial charge in [0, 0.05) is 25.2 Å². The minimum Gasteiger partial charge on any atom is -0.352 e. The Morgan fingerprint density at radius 1 is 1.07 bits per heavy atom. The lowest BCUT2D eigenvalue weighted by atomic mass is 10.1. The number of rotatable bonds is 8. The van der Waals surface area contributed by atoms with Gasteiger partial charge in [-0.15, -0.1) is 0 Å². The number of hydrogen-bond donors (Lipinski definition) is 2. The second-order valence-corrected chi connectivity index (χ2v) is 8.91. The quantitative estimate of drug-likeness (QED) is 0.687. The second kappa shape index (κ2) is 9.67. The maximum Gasteiger partial charge on any atom is 0.254 e. The first kappa shape index (κ1) is 22.6. The zero-order chi connectivity index (χ0) is 21.6. The number of nitrogens with one attached hydrogen (secondary N) is 2. The van der Waals surface area contributed by atoms with Crippen molar-refractivity contribution in [2.24, 2.45) is 0 Å². The highest BCUT2D eigenvalue weighted by atomic mass is 32.2. The topological polar surface area (TPSA) is 95.6 Å². The highest BCUT2D eigenvalue weighted by Crippen LogP contribution is 2.18. The molecule has 0 radical (unpaired) electrons. The maximum absolute atomic E-state index is 12.8. The number of nitrogens with zero attached hydrogens (tertiary/aromatic N) is 1. The Hall–Kier alpha value is -2.71. The van der Waals surface area contributed by atoms with Crippen LogP contribution in [0.25, 0.3) is 0 Å². The van der Waals surface area contributed by atoms with Crippen LogP contribution in [0.3, 0.4) is 0 Å². The molecule has 2 rings (SSSR count). The van der Waals surface area contributed by atoms with E-state index in [1.165, 1.54) is 18.0 Å². The predicted octanol–water partition coefficient (Wildman–Crippen LogP) is 2.07. The number of aryl methyl sites for hydroxylation is 1. The molecule has 156 valence electrons. The summed E-state index contributed by atoms with van der Waals surface area (Å²) in [5.41, 5.74) is 1.56. The van der Waals surface area contributed by atoms with E-state index >= 15 is 0 Å². The summed E-state index contributed by atoms with van der Waals surface area (Å²) in [4.78, 5) is 25.9. The molecule has 29 heavy (non-hydrogen) atoms. The summed E-state index contributed by atoms with van der Waals surface area (Å²) in [7, 11) is -2.31. The molecule has 0 heterocycles. The lowest BCUT2D eigenvalue weighted by Gasteiger charge is -2.19. The largest absolute Gasteiger partial charge is 0.352 e. The minimum absolute atomic E-state index is 0.0298. The number of sulfonamides is 1. The lowest BCUT2D eigenvalue weighted by Crippen LogP contribution is -2.40. The predicted molar refractivity (Wildman–Crippen MR) is 112 cm³/mol. The molecule has 0 aromatic heterocycles. The van der Waals surface area contributed by atoms with E-state index in [4.69, 9.17) is 0 Å². The molecule has 7 nitrogen and oxygen atoms in total. The average Bonchev–Trinajstić information content (AvgIpc) is 2.66. The van der Waals surface area contributed by atoms with Gasteiger partial charge in [-0.3, -0.25) is 9.59 Å². The number of carbonyl (C=O) groups excluding carboxylic acids is 2. The van der Waals surface area contributed by atoms with E-state index < -0.39 is 15.9 Å². The first-order valence-corrected chi connectivity index (χ1v) is 10.8. The standard InChI is InChI=1S/C21H27N3O4S/c1-15(2)23-20(25)14-24(4)21(26)18-11-10-16(3)19(12-18)29(27,28)22-13-17-8-6-5-7-9-17/h5-12,15,22H,13-14H2,1-4H3,(H,23,25). The van der Waals surface area contributed by atoms with Gasteiger partial charge in [0.1, 0.15) is 0 Å². The Morgan fingerprint density at radius 3 is 2.34 bits per heavy atom. The Bertz CT molecular complexity index is 973. The van der Waals surface area contributed by atoms with Crippen molar-refractivity contribution in [2.45, 2.75) is 38.3 Å². The maximum atomic E-state index is 12.8. The second-order valence-electron chi connectivity index (χ2n) is 7.17. The molecule has 0 saturated heterocycles. The van der Waals surface area contributed by atoms with Crippen molar-refractivity contribution < 1.29 is 18.0 Å². The summed E-state index contributed by atoms with van der Waals surface area (Å²) in [6.45, 7) is 5.37. The number of hydrogen-bond acceptors (Lipinski definition) is 4. The molecule has 2 N–H and O–H groups in total. The zero-order valence-corrected chi connectivity index (χ0v) is 17.9. The van der Waals surface area contributed by atoms with E-state index in [1.54, 1.807) is 19.1 Å². The Labute approximate surface area is 172 Å². The van der Waals surface area contributed by atoms with E-state index in [1.807, 2.05) is 44.2 Å². The fraction of sp³-hybridized carbons (Fsp3) is 0.333. The summed E-state index contributed by atoms with van der Waals surface area (Å²) < 4.78 is 28.1. The lowest BCUT2D eigenvalue weighted by molar-refractivity contribution is -0.122. The SMILES string of the molecule is Cc1ccc(C(=O)N(C)CC(=O)NC(C)C)cc1S(=O)(=O)NCc1ccccc1. The van der Waals surface area contributed by atoms with Gasteiger partial charge in [-0.05, 0) is 44.0 Å². The van der Waals surface area contributed by atoms with E-state index in [9.17, 15) is 18.0 Å². The fourth-order valence-electron chi connectivity index (χ4n) is 2.75. The highest BCUT2D eigenvalue weighted by molar-refractivity contribution is 7.89. The van der Waals surface area contributed by atoms with Crippen LogP contribution in [0.15, 0.2) is 53.4 Å². The Kier molecular flexibility index (Phi) is 7.53. The molecule has 0 spiro atoms. The number of likely N-dealkylation sites (N-methyl/N-ethyl adjacent to an activating group) is 1. The van der Waals surface area contributed by atoms with Gasteiger partial charge in [-0.2, -0.15) is 0 Å². The molecular weight excluding hydrogens is 390 g/mol. The summed E-state index contributed by atoms with van der Waals surface area (Å²) in [5.74, 6) is -0.705. The molecule has 0 aliphatic heterocycles. The van der Waals surface area contributed by atoms with Crippen LogP contribution in [0, 0.1) is 6.92 Å². The van der Waals surface area contributed by atoms with Crippen molar-refractivity contribution in [1.82, 2.24) is 14.9 Å². The summed E-state index contributed by atoms with van der Waals surface area (Å²) in [5, 5.41) is 2.72. The van der Waals surface area contributed by atoms with Crippen LogP contribution in [0.2, 0.25) is 0 Å². The number of carbonyl (C=O) groups is 2. The summed E-state index contributed by atoms with van der Waals surface area (Å²) in [6, 6.07) is 13.6. The molecule has 0 aliphatic carbocycles. The van der Waals surface area contributed by atoms with Crippen LogP contribution in [-0.2, 0) is 21.4 Å². The van der Waals surface area contributed by atoms with Gasteiger partial charge in [0.25, 0.3) is 5.91 Å². The molecule has 0 unspecified atom stereocenters. The van der Waals surface area contributed by atoms with Crippen molar-refractivity contribution in [3.63, 3.8) is 0 Å². The van der Waals surface area contributed by atoms with Gasteiger partial charge < -0.3 is 10.2 Å². The van der Waals surface area contributed by atoms with Gasteiger partial charge in [0.05, 0.1) is 11.4 Å². The van der Waals surface area contributed by atoms with Crippen LogP contribution >= 0.6 is 0 Å².